The zero-order valence-electron chi connectivity index (χ0n) is 9.08. The molecule has 0 saturated carbocycles. The van der Waals surface area contributed by atoms with Crippen LogP contribution >= 0.6 is 0 Å². The topological polar surface area (TPSA) is 41.6 Å². The first-order valence-corrected chi connectivity index (χ1v) is 5.35. The lowest BCUT2D eigenvalue weighted by Crippen LogP contribution is -2.40. The highest BCUT2D eigenvalue weighted by molar-refractivity contribution is 5.67. The average Bonchev–Trinajstić information content (AvgIpc) is 2.15. The molecule has 1 saturated heterocycles. The van der Waals surface area contributed by atoms with Gasteiger partial charge in [0, 0.05) is 13.1 Å². The molecular weight excluding hydrogens is 180 g/mol. The number of likely N-dealkylation sites (N-methyl/N-ethyl adjacent to an activating group) is 1. The molecule has 1 atom stereocenters. The molecular formula is C10H20N2O2. The molecule has 82 valence electrons. The van der Waals surface area contributed by atoms with Crippen molar-refractivity contribution in [1.82, 2.24) is 10.2 Å². The molecule has 4 nitrogen and oxygen atoms in total. The van der Waals surface area contributed by atoms with Crippen LogP contribution in [0.4, 0.5) is 4.79 Å². The van der Waals surface area contributed by atoms with E-state index in [1.807, 2.05) is 6.92 Å². The Morgan fingerprint density at radius 2 is 2.43 bits per heavy atom. The number of nitrogens with one attached hydrogen (secondary N) is 1. The third-order valence-corrected chi connectivity index (χ3v) is 2.37. The molecule has 1 amide bonds. The van der Waals surface area contributed by atoms with Gasteiger partial charge < -0.3 is 15.0 Å². The molecule has 0 spiro atoms. The third-order valence-electron chi connectivity index (χ3n) is 2.37. The van der Waals surface area contributed by atoms with E-state index in [1.54, 1.807) is 0 Å². The van der Waals surface area contributed by atoms with Crippen molar-refractivity contribution in [2.24, 2.45) is 0 Å². The molecule has 1 fully saturated rings. The van der Waals surface area contributed by atoms with Crippen LogP contribution < -0.4 is 5.32 Å². The number of rotatable bonds is 3. The standard InChI is InChI=1S/C10H20N2O2/c1-3-6-11-10(13)14-9-5-4-7-12(2)8-9/h9H,3-8H2,1-2H3,(H,11,13). The number of carbonyl (C=O) groups excluding carboxylic acids is 1. The number of hydrogen-bond donors (Lipinski definition) is 1. The van der Waals surface area contributed by atoms with Gasteiger partial charge in [-0.25, -0.2) is 4.79 Å². The largest absolute Gasteiger partial charge is 0.445 e. The molecule has 0 aromatic rings. The van der Waals surface area contributed by atoms with Crippen LogP contribution in [0.25, 0.3) is 0 Å². The quantitative estimate of drug-likeness (QED) is 0.744. The minimum absolute atomic E-state index is 0.0746. The Morgan fingerprint density at radius 1 is 1.64 bits per heavy atom. The number of amides is 1. The summed E-state index contributed by atoms with van der Waals surface area (Å²) in [6.45, 7) is 4.69. The molecule has 1 N–H and O–H groups in total. The minimum atomic E-state index is -0.271. The van der Waals surface area contributed by atoms with E-state index >= 15 is 0 Å². The van der Waals surface area contributed by atoms with Gasteiger partial charge >= 0.3 is 6.09 Å². The molecule has 14 heavy (non-hydrogen) atoms. The first kappa shape index (κ1) is 11.3. The number of carbonyl (C=O) groups is 1. The fourth-order valence-corrected chi connectivity index (χ4v) is 1.64. The van der Waals surface area contributed by atoms with Crippen LogP contribution in [-0.4, -0.2) is 43.8 Å². The number of nitrogens with zero attached hydrogens (tertiary/aromatic N) is 1. The molecule has 1 heterocycles. The molecule has 0 aromatic carbocycles. The predicted molar refractivity (Wildman–Crippen MR) is 55.3 cm³/mol. The second-order valence-corrected chi connectivity index (χ2v) is 3.86. The fraction of sp³-hybridized carbons (Fsp3) is 0.900. The van der Waals surface area contributed by atoms with Gasteiger partial charge in [-0.2, -0.15) is 0 Å². The van der Waals surface area contributed by atoms with Crippen molar-refractivity contribution in [2.45, 2.75) is 32.3 Å². The van der Waals surface area contributed by atoms with Gasteiger partial charge in [0.25, 0.3) is 0 Å². The zero-order valence-corrected chi connectivity index (χ0v) is 9.08. The molecule has 0 aliphatic carbocycles. The van der Waals surface area contributed by atoms with E-state index in [0.717, 1.165) is 32.4 Å². The number of ether oxygens (including phenoxy) is 1. The van der Waals surface area contributed by atoms with Crippen LogP contribution in [0.2, 0.25) is 0 Å². The first-order valence-electron chi connectivity index (χ1n) is 5.35. The first-order chi connectivity index (χ1) is 6.72. The Morgan fingerprint density at radius 3 is 3.07 bits per heavy atom. The number of likely N-dealkylation sites (tertiary alicyclic amines) is 1. The maximum atomic E-state index is 11.2. The highest BCUT2D eigenvalue weighted by Gasteiger charge is 2.20. The highest BCUT2D eigenvalue weighted by Crippen LogP contribution is 2.11. The Kier molecular flexibility index (Phi) is 4.73. The fourth-order valence-electron chi connectivity index (χ4n) is 1.64. The van der Waals surface area contributed by atoms with Crippen molar-refractivity contribution >= 4 is 6.09 Å². The van der Waals surface area contributed by atoms with E-state index < -0.39 is 0 Å². The van der Waals surface area contributed by atoms with E-state index in [2.05, 4.69) is 17.3 Å². The van der Waals surface area contributed by atoms with Crippen LogP contribution in [0.15, 0.2) is 0 Å². The van der Waals surface area contributed by atoms with Crippen molar-refractivity contribution in [3.05, 3.63) is 0 Å². The van der Waals surface area contributed by atoms with E-state index in [-0.39, 0.29) is 12.2 Å². The summed E-state index contributed by atoms with van der Waals surface area (Å²) in [6.07, 6.45) is 2.85. The van der Waals surface area contributed by atoms with Gasteiger partial charge in [-0.3, -0.25) is 0 Å². The lowest BCUT2D eigenvalue weighted by Gasteiger charge is -2.29. The molecule has 0 aromatic heterocycles. The summed E-state index contributed by atoms with van der Waals surface area (Å²) in [5.41, 5.74) is 0. The van der Waals surface area contributed by atoms with Gasteiger partial charge in [0.15, 0.2) is 0 Å². The van der Waals surface area contributed by atoms with Crippen molar-refractivity contribution in [2.75, 3.05) is 26.7 Å². The van der Waals surface area contributed by atoms with Gasteiger partial charge in [0.05, 0.1) is 0 Å². The van der Waals surface area contributed by atoms with Crippen LogP contribution in [-0.2, 0) is 4.74 Å². The summed E-state index contributed by atoms with van der Waals surface area (Å²) in [6, 6.07) is 0. The minimum Gasteiger partial charge on any atom is -0.445 e. The molecule has 0 radical (unpaired) electrons. The maximum Gasteiger partial charge on any atom is 0.407 e. The summed E-state index contributed by atoms with van der Waals surface area (Å²) < 4.78 is 5.27. The second kappa shape index (κ2) is 5.86. The van der Waals surface area contributed by atoms with Gasteiger partial charge in [-0.05, 0) is 32.9 Å². The molecule has 1 aliphatic rings. The van der Waals surface area contributed by atoms with Crippen molar-refractivity contribution in [3.8, 4) is 0 Å². The summed E-state index contributed by atoms with van der Waals surface area (Å²) in [7, 11) is 2.06. The van der Waals surface area contributed by atoms with Crippen LogP contribution in [0, 0.1) is 0 Å². The SMILES string of the molecule is CCCNC(=O)OC1CCCN(C)C1. The Labute approximate surface area is 85.6 Å². The Balaban J connectivity index is 2.18. The third kappa shape index (κ3) is 3.96. The van der Waals surface area contributed by atoms with Crippen LogP contribution in [0.1, 0.15) is 26.2 Å². The monoisotopic (exact) mass is 200 g/mol. The summed E-state index contributed by atoms with van der Waals surface area (Å²) in [4.78, 5) is 13.4. The molecule has 0 bridgehead atoms. The molecule has 1 unspecified atom stereocenters. The second-order valence-electron chi connectivity index (χ2n) is 3.86. The van der Waals surface area contributed by atoms with Crippen molar-refractivity contribution < 1.29 is 9.53 Å². The Hall–Kier alpha value is -0.770. The Bertz CT molecular complexity index is 185. The van der Waals surface area contributed by atoms with Crippen LogP contribution in [0.5, 0.6) is 0 Å². The summed E-state index contributed by atoms with van der Waals surface area (Å²) in [5, 5.41) is 2.71. The molecule has 1 aliphatic heterocycles. The number of piperidine rings is 1. The van der Waals surface area contributed by atoms with Crippen molar-refractivity contribution in [1.29, 1.82) is 0 Å². The zero-order chi connectivity index (χ0) is 10.4. The number of alkyl carbamates (subject to hydrolysis) is 1. The molecule has 1 rings (SSSR count). The predicted octanol–water partition coefficient (Wildman–Crippen LogP) is 1.22. The van der Waals surface area contributed by atoms with Crippen LogP contribution in [0.3, 0.4) is 0 Å². The van der Waals surface area contributed by atoms with Gasteiger partial charge in [0.2, 0.25) is 0 Å². The van der Waals surface area contributed by atoms with Gasteiger partial charge in [-0.15, -0.1) is 0 Å². The smallest absolute Gasteiger partial charge is 0.407 e. The molecule has 4 heteroatoms. The van der Waals surface area contributed by atoms with Crippen molar-refractivity contribution in [3.63, 3.8) is 0 Å². The lowest BCUT2D eigenvalue weighted by atomic mass is 10.1. The maximum absolute atomic E-state index is 11.2. The van der Waals surface area contributed by atoms with E-state index in [9.17, 15) is 4.79 Å². The summed E-state index contributed by atoms with van der Waals surface area (Å²) in [5.74, 6) is 0. The average molecular weight is 200 g/mol. The number of hydrogen-bond acceptors (Lipinski definition) is 3. The van der Waals surface area contributed by atoms with Gasteiger partial charge in [0.1, 0.15) is 6.10 Å². The van der Waals surface area contributed by atoms with E-state index in [1.165, 1.54) is 0 Å². The highest BCUT2D eigenvalue weighted by atomic mass is 16.6. The van der Waals surface area contributed by atoms with Gasteiger partial charge in [-0.1, -0.05) is 6.92 Å². The van der Waals surface area contributed by atoms with E-state index in [4.69, 9.17) is 4.74 Å². The lowest BCUT2D eigenvalue weighted by molar-refractivity contribution is 0.0509. The summed E-state index contributed by atoms with van der Waals surface area (Å²) >= 11 is 0. The van der Waals surface area contributed by atoms with E-state index in [0.29, 0.717) is 6.54 Å². The normalized spacial score (nSPS) is 23.1.